The summed E-state index contributed by atoms with van der Waals surface area (Å²) in [5.41, 5.74) is 4.82. The first-order valence-electron chi connectivity index (χ1n) is 10.8. The molecule has 0 atom stereocenters. The van der Waals surface area contributed by atoms with E-state index in [9.17, 15) is 9.59 Å². The van der Waals surface area contributed by atoms with Crippen molar-refractivity contribution in [1.29, 1.82) is 0 Å². The molecule has 0 saturated heterocycles. The highest BCUT2D eigenvalue weighted by molar-refractivity contribution is 14.1. The fourth-order valence-corrected chi connectivity index (χ4v) is 4.14. The Balaban J connectivity index is 1.48. The lowest BCUT2D eigenvalue weighted by Crippen LogP contribution is -2.19. The van der Waals surface area contributed by atoms with E-state index in [1.54, 1.807) is 55.6 Å². The van der Waals surface area contributed by atoms with Gasteiger partial charge in [-0.1, -0.05) is 12.1 Å². The third-order valence-corrected chi connectivity index (χ3v) is 5.98. The van der Waals surface area contributed by atoms with E-state index in [1.165, 1.54) is 13.3 Å². The third kappa shape index (κ3) is 5.74. The first-order chi connectivity index (χ1) is 17.5. The van der Waals surface area contributed by atoms with Crippen LogP contribution in [-0.2, 0) is 0 Å². The van der Waals surface area contributed by atoms with Gasteiger partial charge in [-0.25, -0.2) is 10.2 Å². The number of nitrogens with one attached hydrogen (secondary N) is 1. The van der Waals surface area contributed by atoms with Gasteiger partial charge < -0.3 is 18.8 Å². The molecule has 0 bridgehead atoms. The molecule has 8 nitrogen and oxygen atoms in total. The normalized spacial score (nSPS) is 10.8. The maximum Gasteiger partial charge on any atom is 0.343 e. The highest BCUT2D eigenvalue weighted by Gasteiger charge is 2.17. The summed E-state index contributed by atoms with van der Waals surface area (Å²) in [6.45, 7) is 0. The van der Waals surface area contributed by atoms with Gasteiger partial charge in [0.1, 0.15) is 5.75 Å². The zero-order valence-electron chi connectivity index (χ0n) is 19.5. The molecule has 36 heavy (non-hydrogen) atoms. The molecule has 0 fully saturated rings. The zero-order chi connectivity index (χ0) is 25.5. The Labute approximate surface area is 221 Å². The first-order valence-corrected chi connectivity index (χ1v) is 11.9. The van der Waals surface area contributed by atoms with Gasteiger partial charge in [0.25, 0.3) is 5.91 Å². The fourth-order valence-electron chi connectivity index (χ4n) is 3.40. The second kappa shape index (κ2) is 11.5. The Morgan fingerprint density at radius 3 is 2.36 bits per heavy atom. The lowest BCUT2D eigenvalue weighted by Gasteiger charge is -2.12. The van der Waals surface area contributed by atoms with Crippen LogP contribution >= 0.6 is 22.6 Å². The van der Waals surface area contributed by atoms with E-state index in [0.29, 0.717) is 37.5 Å². The molecule has 0 aliphatic heterocycles. The van der Waals surface area contributed by atoms with Gasteiger partial charge in [0.05, 0.1) is 40.8 Å². The summed E-state index contributed by atoms with van der Waals surface area (Å²) < 4.78 is 18.7. The van der Waals surface area contributed by atoms with Crippen molar-refractivity contribution in [3.8, 4) is 22.9 Å². The first kappa shape index (κ1) is 25.0. The average molecular weight is 595 g/mol. The molecular weight excluding hydrogens is 573 g/mol. The summed E-state index contributed by atoms with van der Waals surface area (Å²) in [4.78, 5) is 25.4. The van der Waals surface area contributed by atoms with Gasteiger partial charge in [-0.05, 0) is 88.8 Å². The number of amides is 1. The van der Waals surface area contributed by atoms with Gasteiger partial charge in [-0.2, -0.15) is 5.10 Å². The number of hydrazone groups is 1. The molecule has 1 aromatic heterocycles. The van der Waals surface area contributed by atoms with E-state index in [2.05, 4.69) is 33.1 Å². The van der Waals surface area contributed by atoms with Crippen LogP contribution < -0.4 is 19.6 Å². The monoisotopic (exact) mass is 595 g/mol. The smallest absolute Gasteiger partial charge is 0.343 e. The van der Waals surface area contributed by atoms with Gasteiger partial charge in [-0.15, -0.1) is 0 Å². The van der Waals surface area contributed by atoms with Crippen LogP contribution in [-0.4, -0.2) is 36.9 Å². The number of methoxy groups -OCH3 is 2. The molecule has 3 aromatic carbocycles. The molecule has 1 N–H and O–H groups in total. The standard InChI is InChI=1S/C27H22IN3O5/c1-34-20-11-9-19(10-12-20)27(33)36-25-22(28)15-18(16-24(25)35-2)17-29-30-26(32)21-7-3-4-8-23(21)31-13-5-6-14-31/h3-17H,1-2H3,(H,30,32)/b29-17-. The second-order valence-electron chi connectivity index (χ2n) is 7.46. The number of aromatic nitrogens is 1. The molecule has 0 aliphatic rings. The number of halogens is 1. The van der Waals surface area contributed by atoms with Gasteiger partial charge in [0.15, 0.2) is 11.5 Å². The number of rotatable bonds is 8. The average Bonchev–Trinajstić information content (AvgIpc) is 3.45. The van der Waals surface area contributed by atoms with Crippen molar-refractivity contribution in [2.75, 3.05) is 14.2 Å². The number of carbonyl (C=O) groups is 2. The maximum absolute atomic E-state index is 12.8. The number of esters is 1. The van der Waals surface area contributed by atoms with Crippen molar-refractivity contribution in [2.24, 2.45) is 5.10 Å². The fraction of sp³-hybridized carbons (Fsp3) is 0.0741. The van der Waals surface area contributed by atoms with Crippen LogP contribution in [0.15, 0.2) is 90.3 Å². The number of ether oxygens (including phenoxy) is 3. The molecule has 0 spiro atoms. The number of hydrogen-bond donors (Lipinski definition) is 1. The van der Waals surface area contributed by atoms with Crippen LogP contribution in [0.25, 0.3) is 5.69 Å². The number of para-hydroxylation sites is 1. The predicted octanol–water partition coefficient (Wildman–Crippen LogP) is 5.08. The molecule has 0 unspecified atom stereocenters. The SMILES string of the molecule is COc1ccc(C(=O)Oc2c(I)cc(/C=N\NC(=O)c3ccccc3-n3cccc3)cc2OC)cc1. The molecular formula is C27H22IN3O5. The summed E-state index contributed by atoms with van der Waals surface area (Å²) in [5.74, 6) is 0.420. The van der Waals surface area contributed by atoms with Crippen LogP contribution in [0, 0.1) is 3.57 Å². The van der Waals surface area contributed by atoms with Gasteiger partial charge in [0.2, 0.25) is 0 Å². The minimum absolute atomic E-state index is 0.292. The topological polar surface area (TPSA) is 91.2 Å². The molecule has 4 aromatic rings. The van der Waals surface area contributed by atoms with Gasteiger partial charge >= 0.3 is 5.97 Å². The molecule has 1 amide bonds. The minimum atomic E-state index is -0.524. The van der Waals surface area contributed by atoms with Crippen molar-refractivity contribution in [2.45, 2.75) is 0 Å². The highest BCUT2D eigenvalue weighted by atomic mass is 127. The molecule has 0 aliphatic carbocycles. The Morgan fingerprint density at radius 1 is 0.944 bits per heavy atom. The molecule has 182 valence electrons. The zero-order valence-corrected chi connectivity index (χ0v) is 21.6. The van der Waals surface area contributed by atoms with Crippen molar-refractivity contribution >= 4 is 40.7 Å². The quantitative estimate of drug-likeness (QED) is 0.101. The number of hydrogen-bond acceptors (Lipinski definition) is 6. The summed E-state index contributed by atoms with van der Waals surface area (Å²) in [6.07, 6.45) is 5.23. The van der Waals surface area contributed by atoms with E-state index in [1.807, 2.05) is 41.2 Å². The van der Waals surface area contributed by atoms with E-state index in [-0.39, 0.29) is 5.91 Å². The van der Waals surface area contributed by atoms with Crippen LogP contribution in [0.1, 0.15) is 26.3 Å². The lowest BCUT2D eigenvalue weighted by atomic mass is 10.1. The summed E-state index contributed by atoms with van der Waals surface area (Å²) in [7, 11) is 3.04. The van der Waals surface area contributed by atoms with Gasteiger partial charge in [-0.3, -0.25) is 4.79 Å². The van der Waals surface area contributed by atoms with E-state index in [0.717, 1.165) is 5.69 Å². The van der Waals surface area contributed by atoms with Crippen molar-refractivity contribution in [3.63, 3.8) is 0 Å². The molecule has 9 heteroatoms. The molecule has 0 radical (unpaired) electrons. The maximum atomic E-state index is 12.8. The second-order valence-corrected chi connectivity index (χ2v) is 8.62. The lowest BCUT2D eigenvalue weighted by molar-refractivity contribution is 0.0728. The molecule has 4 rings (SSSR count). The number of benzene rings is 3. The van der Waals surface area contributed by atoms with E-state index in [4.69, 9.17) is 14.2 Å². The Morgan fingerprint density at radius 2 is 1.67 bits per heavy atom. The van der Waals surface area contributed by atoms with Crippen LogP contribution in [0.2, 0.25) is 0 Å². The summed E-state index contributed by atoms with van der Waals surface area (Å²) in [6, 6.07) is 21.1. The summed E-state index contributed by atoms with van der Waals surface area (Å²) >= 11 is 2.05. The highest BCUT2D eigenvalue weighted by Crippen LogP contribution is 2.34. The van der Waals surface area contributed by atoms with Crippen molar-refractivity contribution in [3.05, 3.63) is 105 Å². The third-order valence-electron chi connectivity index (χ3n) is 5.18. The Bertz CT molecular complexity index is 1400. The van der Waals surface area contributed by atoms with Crippen LogP contribution in [0.3, 0.4) is 0 Å². The Hall–Kier alpha value is -4.12. The van der Waals surface area contributed by atoms with E-state index < -0.39 is 5.97 Å². The number of carbonyl (C=O) groups excluding carboxylic acids is 2. The Kier molecular flexibility index (Phi) is 8.01. The van der Waals surface area contributed by atoms with Crippen LogP contribution in [0.5, 0.6) is 17.2 Å². The minimum Gasteiger partial charge on any atom is -0.497 e. The van der Waals surface area contributed by atoms with Gasteiger partial charge in [0, 0.05) is 12.4 Å². The molecule has 0 saturated carbocycles. The largest absolute Gasteiger partial charge is 0.497 e. The number of nitrogens with zero attached hydrogens (tertiary/aromatic N) is 2. The van der Waals surface area contributed by atoms with Crippen LogP contribution in [0.4, 0.5) is 0 Å². The van der Waals surface area contributed by atoms with E-state index >= 15 is 0 Å². The molecule has 1 heterocycles. The summed E-state index contributed by atoms with van der Waals surface area (Å²) in [5, 5.41) is 4.10. The van der Waals surface area contributed by atoms with Crippen molar-refractivity contribution in [1.82, 2.24) is 9.99 Å². The predicted molar refractivity (Wildman–Crippen MR) is 144 cm³/mol. The van der Waals surface area contributed by atoms with Crippen molar-refractivity contribution < 1.29 is 23.8 Å².